The van der Waals surface area contributed by atoms with Crippen LogP contribution >= 0.6 is 0 Å². The van der Waals surface area contributed by atoms with Crippen molar-refractivity contribution in [3.8, 4) is 0 Å². The van der Waals surface area contributed by atoms with Crippen LogP contribution in [0, 0.1) is 18.2 Å². The summed E-state index contributed by atoms with van der Waals surface area (Å²) in [4.78, 5) is 11.8. The average molecular weight is 252 g/mol. The predicted octanol–water partition coefficient (Wildman–Crippen LogP) is 1.78. The van der Waals surface area contributed by atoms with Crippen molar-refractivity contribution in [1.82, 2.24) is 5.32 Å². The van der Waals surface area contributed by atoms with Gasteiger partial charge in [-0.1, -0.05) is 12.1 Å². The molecule has 100 valence electrons. The van der Waals surface area contributed by atoms with E-state index < -0.39 is 5.41 Å². The van der Waals surface area contributed by atoms with Crippen molar-refractivity contribution in [1.29, 1.82) is 0 Å². The highest BCUT2D eigenvalue weighted by molar-refractivity contribution is 5.82. The van der Waals surface area contributed by atoms with E-state index in [0.29, 0.717) is 25.1 Å². The second kappa shape index (κ2) is 5.96. The molecule has 0 fully saturated rings. The molecule has 0 saturated heterocycles. The third kappa shape index (κ3) is 3.81. The Labute approximate surface area is 108 Å². The van der Waals surface area contributed by atoms with E-state index in [1.807, 2.05) is 13.8 Å². The maximum absolute atomic E-state index is 13.1. The van der Waals surface area contributed by atoms with E-state index in [-0.39, 0.29) is 11.7 Å². The Kier molecular flexibility index (Phi) is 4.84. The van der Waals surface area contributed by atoms with Gasteiger partial charge in [0.25, 0.3) is 0 Å². The van der Waals surface area contributed by atoms with Gasteiger partial charge in [-0.25, -0.2) is 4.39 Å². The number of carbonyl (C=O) groups excluding carboxylic acids is 1. The number of halogens is 1. The molecule has 0 atom stereocenters. The summed E-state index contributed by atoms with van der Waals surface area (Å²) in [6, 6.07) is 4.99. The van der Waals surface area contributed by atoms with Gasteiger partial charge in [0.2, 0.25) is 5.91 Å². The maximum atomic E-state index is 13.1. The van der Waals surface area contributed by atoms with Gasteiger partial charge in [-0.15, -0.1) is 0 Å². The van der Waals surface area contributed by atoms with Crippen molar-refractivity contribution in [3.05, 3.63) is 35.1 Å². The van der Waals surface area contributed by atoms with E-state index in [1.165, 1.54) is 6.07 Å². The van der Waals surface area contributed by atoms with E-state index in [1.54, 1.807) is 19.1 Å². The van der Waals surface area contributed by atoms with Crippen LogP contribution in [0.1, 0.15) is 25.0 Å². The van der Waals surface area contributed by atoms with Crippen LogP contribution in [0.4, 0.5) is 4.39 Å². The largest absolute Gasteiger partial charge is 0.355 e. The van der Waals surface area contributed by atoms with E-state index in [2.05, 4.69) is 5.32 Å². The molecule has 0 aliphatic heterocycles. The van der Waals surface area contributed by atoms with Gasteiger partial charge >= 0.3 is 0 Å². The number of aryl methyl sites for hydroxylation is 1. The highest BCUT2D eigenvalue weighted by atomic mass is 19.1. The highest BCUT2D eigenvalue weighted by Gasteiger charge is 2.24. The minimum absolute atomic E-state index is 0.0520. The smallest absolute Gasteiger partial charge is 0.226 e. The zero-order chi connectivity index (χ0) is 13.8. The summed E-state index contributed by atoms with van der Waals surface area (Å²) in [5, 5.41) is 2.84. The minimum Gasteiger partial charge on any atom is -0.355 e. The number of rotatable bonds is 5. The normalized spacial score (nSPS) is 11.4. The maximum Gasteiger partial charge on any atom is 0.226 e. The Morgan fingerprint density at radius 2 is 2.11 bits per heavy atom. The molecule has 3 N–H and O–H groups in total. The minimum atomic E-state index is -0.543. The van der Waals surface area contributed by atoms with Crippen molar-refractivity contribution >= 4 is 5.91 Å². The molecule has 3 nitrogen and oxygen atoms in total. The summed E-state index contributed by atoms with van der Waals surface area (Å²) >= 11 is 0. The first-order valence-electron chi connectivity index (χ1n) is 6.10. The van der Waals surface area contributed by atoms with Crippen LogP contribution in [0.3, 0.4) is 0 Å². The zero-order valence-corrected chi connectivity index (χ0v) is 11.2. The molecule has 0 saturated carbocycles. The number of carbonyl (C=O) groups is 1. The zero-order valence-electron chi connectivity index (χ0n) is 11.2. The van der Waals surface area contributed by atoms with E-state index in [0.717, 1.165) is 5.56 Å². The van der Waals surface area contributed by atoms with Gasteiger partial charge in [0.05, 0.1) is 5.41 Å². The van der Waals surface area contributed by atoms with Crippen LogP contribution in [-0.2, 0) is 11.2 Å². The lowest BCUT2D eigenvalue weighted by Crippen LogP contribution is -2.42. The summed E-state index contributed by atoms with van der Waals surface area (Å²) in [6.45, 7) is 6.20. The third-order valence-corrected chi connectivity index (χ3v) is 3.05. The SMILES string of the molecule is Cc1cc(CCNC(=O)C(C)(C)CN)ccc1F. The van der Waals surface area contributed by atoms with Gasteiger partial charge in [0.15, 0.2) is 0 Å². The number of hydrogen-bond donors (Lipinski definition) is 2. The molecule has 1 aromatic carbocycles. The molecule has 0 aromatic heterocycles. The fraction of sp³-hybridized carbons (Fsp3) is 0.500. The number of amides is 1. The molecule has 0 unspecified atom stereocenters. The number of hydrogen-bond acceptors (Lipinski definition) is 2. The fourth-order valence-electron chi connectivity index (χ4n) is 1.51. The van der Waals surface area contributed by atoms with Crippen LogP contribution in [0.5, 0.6) is 0 Å². The van der Waals surface area contributed by atoms with Crippen LogP contribution < -0.4 is 11.1 Å². The molecule has 0 bridgehead atoms. The van der Waals surface area contributed by atoms with Crippen LogP contribution in [0.2, 0.25) is 0 Å². The molecular formula is C14H21FN2O. The Hall–Kier alpha value is -1.42. The number of nitrogens with one attached hydrogen (secondary N) is 1. The van der Waals surface area contributed by atoms with Crippen LogP contribution in [-0.4, -0.2) is 19.0 Å². The number of benzene rings is 1. The standard InChI is InChI=1S/C14H21FN2O/c1-10-8-11(4-5-12(10)15)6-7-17-13(18)14(2,3)9-16/h4-5,8H,6-7,9,16H2,1-3H3,(H,17,18). The number of nitrogens with two attached hydrogens (primary N) is 1. The molecule has 0 spiro atoms. The van der Waals surface area contributed by atoms with Crippen molar-refractivity contribution in [2.24, 2.45) is 11.1 Å². The Balaban J connectivity index is 2.47. The van der Waals surface area contributed by atoms with Crippen LogP contribution in [0.25, 0.3) is 0 Å². The molecule has 18 heavy (non-hydrogen) atoms. The summed E-state index contributed by atoms with van der Waals surface area (Å²) in [7, 11) is 0. The van der Waals surface area contributed by atoms with Gasteiger partial charge in [-0.2, -0.15) is 0 Å². The summed E-state index contributed by atoms with van der Waals surface area (Å²) in [6.07, 6.45) is 0.688. The van der Waals surface area contributed by atoms with Crippen molar-refractivity contribution in [2.45, 2.75) is 27.2 Å². The molecule has 0 aliphatic rings. The van der Waals surface area contributed by atoms with Gasteiger partial charge in [0, 0.05) is 13.1 Å². The lowest BCUT2D eigenvalue weighted by atomic mass is 9.92. The van der Waals surface area contributed by atoms with Gasteiger partial charge in [0.1, 0.15) is 5.82 Å². The Morgan fingerprint density at radius 3 is 2.67 bits per heavy atom. The van der Waals surface area contributed by atoms with Crippen molar-refractivity contribution < 1.29 is 9.18 Å². The monoisotopic (exact) mass is 252 g/mol. The van der Waals surface area contributed by atoms with Gasteiger partial charge < -0.3 is 11.1 Å². The average Bonchev–Trinajstić information content (AvgIpc) is 2.33. The van der Waals surface area contributed by atoms with E-state index in [4.69, 9.17) is 5.73 Å². The molecule has 1 amide bonds. The van der Waals surface area contributed by atoms with Crippen molar-refractivity contribution in [3.63, 3.8) is 0 Å². The fourth-order valence-corrected chi connectivity index (χ4v) is 1.51. The third-order valence-electron chi connectivity index (χ3n) is 3.05. The quantitative estimate of drug-likeness (QED) is 0.839. The van der Waals surface area contributed by atoms with Crippen molar-refractivity contribution in [2.75, 3.05) is 13.1 Å². The van der Waals surface area contributed by atoms with E-state index in [9.17, 15) is 9.18 Å². The van der Waals surface area contributed by atoms with Gasteiger partial charge in [-0.05, 0) is 44.4 Å². The summed E-state index contributed by atoms with van der Waals surface area (Å²) in [5.74, 6) is -0.254. The summed E-state index contributed by atoms with van der Waals surface area (Å²) in [5.41, 5.74) is 6.62. The second-order valence-corrected chi connectivity index (χ2v) is 5.18. The second-order valence-electron chi connectivity index (χ2n) is 5.18. The Bertz CT molecular complexity index is 430. The molecule has 4 heteroatoms. The molecule has 0 radical (unpaired) electrons. The highest BCUT2D eigenvalue weighted by Crippen LogP contribution is 2.12. The van der Waals surface area contributed by atoms with Crippen LogP contribution in [0.15, 0.2) is 18.2 Å². The predicted molar refractivity (Wildman–Crippen MR) is 70.7 cm³/mol. The molecule has 0 aliphatic carbocycles. The summed E-state index contributed by atoms with van der Waals surface area (Å²) < 4.78 is 13.1. The molecule has 0 heterocycles. The molecule has 1 aromatic rings. The van der Waals surface area contributed by atoms with E-state index >= 15 is 0 Å². The topological polar surface area (TPSA) is 55.1 Å². The molecular weight excluding hydrogens is 231 g/mol. The molecule has 1 rings (SSSR count). The lowest BCUT2D eigenvalue weighted by Gasteiger charge is -2.21. The first-order valence-corrected chi connectivity index (χ1v) is 6.10. The first-order chi connectivity index (χ1) is 8.36. The Morgan fingerprint density at radius 1 is 1.44 bits per heavy atom. The lowest BCUT2D eigenvalue weighted by molar-refractivity contribution is -0.128. The first kappa shape index (κ1) is 14.6. The van der Waals surface area contributed by atoms with Gasteiger partial charge in [-0.3, -0.25) is 4.79 Å².